The van der Waals surface area contributed by atoms with Crippen molar-refractivity contribution < 1.29 is 13.2 Å². The number of nitrogens with zero attached hydrogens (tertiary/aromatic N) is 2. The summed E-state index contributed by atoms with van der Waals surface area (Å²) in [4.78, 5) is 25.6. The van der Waals surface area contributed by atoms with Crippen LogP contribution in [-0.2, 0) is 13.1 Å². The summed E-state index contributed by atoms with van der Waals surface area (Å²) in [6.45, 7) is -0.0742. The monoisotopic (exact) mass is 374 g/mol. The second kappa shape index (κ2) is 6.38. The van der Waals surface area contributed by atoms with Gasteiger partial charge in [-0.3, -0.25) is 13.9 Å². The maximum Gasteiger partial charge on any atom is 0.332 e. The topological polar surface area (TPSA) is 57.1 Å². The molecule has 4 rings (SSSR count). The fraction of sp³-hybridized carbons (Fsp3) is 0.111. The van der Waals surface area contributed by atoms with Gasteiger partial charge in [-0.25, -0.2) is 13.6 Å². The Morgan fingerprint density at radius 2 is 1.77 bits per heavy atom. The van der Waals surface area contributed by atoms with E-state index in [9.17, 15) is 18.4 Å². The van der Waals surface area contributed by atoms with E-state index >= 15 is 0 Å². The minimum Gasteiger partial charge on any atom is -0.467 e. The molecule has 0 aliphatic heterocycles. The van der Waals surface area contributed by atoms with Crippen molar-refractivity contribution in [2.45, 2.75) is 13.1 Å². The number of rotatable bonds is 4. The molecule has 3 aromatic heterocycles. The van der Waals surface area contributed by atoms with Gasteiger partial charge in [0.15, 0.2) is 0 Å². The molecule has 0 amide bonds. The van der Waals surface area contributed by atoms with Gasteiger partial charge in [-0.2, -0.15) is 0 Å². The molecule has 0 aliphatic rings. The molecule has 5 nitrogen and oxygen atoms in total. The fourth-order valence-corrected chi connectivity index (χ4v) is 3.71. The van der Waals surface area contributed by atoms with Gasteiger partial charge in [0.1, 0.15) is 22.1 Å². The third kappa shape index (κ3) is 2.88. The van der Waals surface area contributed by atoms with Crippen molar-refractivity contribution in [2.24, 2.45) is 0 Å². The van der Waals surface area contributed by atoms with Crippen LogP contribution in [0.5, 0.6) is 0 Å². The van der Waals surface area contributed by atoms with Crippen molar-refractivity contribution in [2.75, 3.05) is 0 Å². The zero-order chi connectivity index (χ0) is 18.3. The quantitative estimate of drug-likeness (QED) is 0.551. The van der Waals surface area contributed by atoms with Crippen LogP contribution < -0.4 is 11.2 Å². The number of halogens is 2. The minimum absolute atomic E-state index is 0.0178. The second-order valence-corrected chi connectivity index (χ2v) is 6.67. The summed E-state index contributed by atoms with van der Waals surface area (Å²) >= 11 is 1.21. The van der Waals surface area contributed by atoms with Gasteiger partial charge >= 0.3 is 5.69 Å². The van der Waals surface area contributed by atoms with E-state index in [-0.39, 0.29) is 13.1 Å². The Hall–Kier alpha value is -3.00. The lowest BCUT2D eigenvalue weighted by Crippen LogP contribution is -2.40. The molecule has 0 N–H and O–H groups in total. The maximum atomic E-state index is 13.5. The molecule has 3 heterocycles. The highest BCUT2D eigenvalue weighted by molar-refractivity contribution is 7.17. The molecule has 8 heteroatoms. The van der Waals surface area contributed by atoms with E-state index in [1.165, 1.54) is 22.2 Å². The van der Waals surface area contributed by atoms with Crippen molar-refractivity contribution >= 4 is 21.6 Å². The van der Waals surface area contributed by atoms with Crippen LogP contribution in [0.1, 0.15) is 11.3 Å². The van der Waals surface area contributed by atoms with Crippen molar-refractivity contribution in [3.05, 3.63) is 91.8 Å². The number of hydrogen-bond donors (Lipinski definition) is 0. The normalized spacial score (nSPS) is 11.3. The Morgan fingerprint density at radius 1 is 1.00 bits per heavy atom. The van der Waals surface area contributed by atoms with Gasteiger partial charge in [0.25, 0.3) is 5.56 Å². The lowest BCUT2D eigenvalue weighted by Gasteiger charge is -2.12. The van der Waals surface area contributed by atoms with Crippen molar-refractivity contribution in [3.63, 3.8) is 0 Å². The number of furan rings is 1. The largest absolute Gasteiger partial charge is 0.467 e. The molecule has 0 spiro atoms. The minimum atomic E-state index is -0.724. The Morgan fingerprint density at radius 3 is 2.46 bits per heavy atom. The summed E-state index contributed by atoms with van der Waals surface area (Å²) in [5, 5.41) is 1.70. The van der Waals surface area contributed by atoms with Crippen LogP contribution in [0.4, 0.5) is 8.78 Å². The molecule has 0 atom stereocenters. The summed E-state index contributed by atoms with van der Waals surface area (Å²) in [6, 6.07) is 8.07. The van der Waals surface area contributed by atoms with E-state index in [2.05, 4.69) is 0 Å². The zero-order valence-electron chi connectivity index (χ0n) is 13.3. The molecule has 0 saturated heterocycles. The van der Waals surface area contributed by atoms with Crippen LogP contribution in [0.25, 0.3) is 10.2 Å². The molecule has 0 bridgehead atoms. The zero-order valence-corrected chi connectivity index (χ0v) is 14.1. The van der Waals surface area contributed by atoms with E-state index in [0.29, 0.717) is 21.5 Å². The van der Waals surface area contributed by atoms with Gasteiger partial charge < -0.3 is 4.42 Å². The third-order valence-corrected chi connectivity index (χ3v) is 4.89. The van der Waals surface area contributed by atoms with E-state index in [1.54, 1.807) is 23.6 Å². The van der Waals surface area contributed by atoms with E-state index in [1.807, 2.05) is 0 Å². The van der Waals surface area contributed by atoms with E-state index in [4.69, 9.17) is 4.42 Å². The van der Waals surface area contributed by atoms with Crippen LogP contribution >= 0.6 is 11.3 Å². The van der Waals surface area contributed by atoms with Crippen LogP contribution in [0.3, 0.4) is 0 Å². The van der Waals surface area contributed by atoms with Crippen LogP contribution in [0, 0.1) is 11.6 Å². The first-order valence-corrected chi connectivity index (χ1v) is 8.59. The van der Waals surface area contributed by atoms with Crippen LogP contribution in [0.15, 0.2) is 62.0 Å². The predicted octanol–water partition coefficient (Wildman–Crippen LogP) is 3.19. The first kappa shape index (κ1) is 16.5. The van der Waals surface area contributed by atoms with Gasteiger partial charge in [-0.1, -0.05) is 0 Å². The lowest BCUT2D eigenvalue weighted by molar-refractivity contribution is 0.479. The van der Waals surface area contributed by atoms with Crippen molar-refractivity contribution in [3.8, 4) is 0 Å². The SMILES string of the molecule is O=c1c2sccc2n(Cc2cc(F)cc(F)c2)c(=O)n1Cc1ccco1. The first-order valence-electron chi connectivity index (χ1n) is 7.71. The summed E-state index contributed by atoms with van der Waals surface area (Å²) in [5.74, 6) is -0.986. The van der Waals surface area contributed by atoms with Crippen LogP contribution in [0.2, 0.25) is 0 Å². The summed E-state index contributed by atoms with van der Waals surface area (Å²) in [6.07, 6.45) is 1.46. The summed E-state index contributed by atoms with van der Waals surface area (Å²) in [5.41, 5.74) is -0.259. The van der Waals surface area contributed by atoms with Gasteiger partial charge in [0, 0.05) is 6.07 Å². The van der Waals surface area contributed by atoms with E-state index < -0.39 is 22.9 Å². The number of fused-ring (bicyclic) bond motifs is 1. The second-order valence-electron chi connectivity index (χ2n) is 5.75. The molecule has 0 saturated carbocycles. The summed E-state index contributed by atoms with van der Waals surface area (Å²) < 4.78 is 35.0. The van der Waals surface area contributed by atoms with Gasteiger partial charge in [0.05, 0.1) is 24.9 Å². The average molecular weight is 374 g/mol. The van der Waals surface area contributed by atoms with E-state index in [0.717, 1.165) is 22.8 Å². The van der Waals surface area contributed by atoms with Gasteiger partial charge in [-0.15, -0.1) is 11.3 Å². The molecule has 4 aromatic rings. The molecule has 0 fully saturated rings. The lowest BCUT2D eigenvalue weighted by atomic mass is 10.2. The standard InChI is InChI=1S/C18H12F2N2O3S/c19-12-6-11(7-13(20)8-12)9-21-15-3-5-26-16(15)17(23)22(18(21)24)10-14-2-1-4-25-14/h1-8H,9-10H2. The molecule has 26 heavy (non-hydrogen) atoms. The molecule has 0 radical (unpaired) electrons. The molecular weight excluding hydrogens is 362 g/mol. The smallest absolute Gasteiger partial charge is 0.332 e. The van der Waals surface area contributed by atoms with Gasteiger partial charge in [-0.05, 0) is 41.3 Å². The number of aromatic nitrogens is 2. The Balaban J connectivity index is 1.89. The average Bonchev–Trinajstić information content (AvgIpc) is 3.26. The molecule has 0 unspecified atom stereocenters. The Kier molecular flexibility index (Phi) is 4.04. The highest BCUT2D eigenvalue weighted by Gasteiger charge is 2.16. The Labute approximate surface area is 149 Å². The highest BCUT2D eigenvalue weighted by atomic mass is 32.1. The molecule has 132 valence electrons. The molecular formula is C18H12F2N2O3S. The van der Waals surface area contributed by atoms with Crippen molar-refractivity contribution in [1.82, 2.24) is 9.13 Å². The molecule has 0 aliphatic carbocycles. The summed E-state index contributed by atoms with van der Waals surface area (Å²) in [7, 11) is 0. The predicted molar refractivity (Wildman–Crippen MR) is 93.6 cm³/mol. The van der Waals surface area contributed by atoms with Gasteiger partial charge in [0.2, 0.25) is 0 Å². The number of hydrogen-bond acceptors (Lipinski definition) is 4. The maximum absolute atomic E-state index is 13.5. The first-order chi connectivity index (χ1) is 12.5. The van der Waals surface area contributed by atoms with Crippen molar-refractivity contribution in [1.29, 1.82) is 0 Å². The Bertz CT molecular complexity index is 1190. The highest BCUT2D eigenvalue weighted by Crippen LogP contribution is 2.17. The fourth-order valence-electron chi connectivity index (χ4n) is 2.87. The molecule has 1 aromatic carbocycles. The number of thiophene rings is 1. The third-order valence-electron chi connectivity index (χ3n) is 3.99. The number of benzene rings is 1. The van der Waals surface area contributed by atoms with Crippen LogP contribution in [-0.4, -0.2) is 9.13 Å².